The van der Waals surface area contributed by atoms with Gasteiger partial charge in [0.2, 0.25) is 0 Å². The second-order valence-corrected chi connectivity index (χ2v) is 6.36. The number of aromatic nitrogens is 2. The van der Waals surface area contributed by atoms with Crippen molar-refractivity contribution in [1.29, 1.82) is 0 Å². The largest absolute Gasteiger partial charge is 0.369 e. The highest BCUT2D eigenvalue weighted by molar-refractivity contribution is 14.1. The third kappa shape index (κ3) is 3.25. The molecule has 0 amide bonds. The topological polar surface area (TPSA) is 37.8 Å². The first-order valence-corrected chi connectivity index (χ1v) is 8.47. The Morgan fingerprint density at radius 2 is 2.11 bits per heavy atom. The van der Waals surface area contributed by atoms with E-state index in [0.29, 0.717) is 0 Å². The highest BCUT2D eigenvalue weighted by Crippen LogP contribution is 2.29. The van der Waals surface area contributed by atoms with Gasteiger partial charge in [0.15, 0.2) is 5.82 Å². The molecule has 0 spiro atoms. The number of hydrogen-bond acceptors (Lipinski definition) is 4. The van der Waals surface area contributed by atoms with E-state index >= 15 is 0 Å². The van der Waals surface area contributed by atoms with Crippen LogP contribution in [0.5, 0.6) is 0 Å². The fourth-order valence-corrected chi connectivity index (χ4v) is 3.46. The predicted octanol–water partition coefficient (Wildman–Crippen LogP) is 4.50. The van der Waals surface area contributed by atoms with E-state index in [1.807, 2.05) is 0 Å². The first-order valence-electron chi connectivity index (χ1n) is 6.52. The molecule has 5 heteroatoms. The van der Waals surface area contributed by atoms with Crippen LogP contribution in [0.3, 0.4) is 0 Å². The fourth-order valence-electron chi connectivity index (χ4n) is 1.79. The minimum absolute atomic E-state index is 0.850. The summed E-state index contributed by atoms with van der Waals surface area (Å²) in [5, 5.41) is 5.50. The van der Waals surface area contributed by atoms with Gasteiger partial charge in [0.05, 0.1) is 14.1 Å². The molecule has 0 aromatic carbocycles. The molecule has 3 nitrogen and oxygen atoms in total. The van der Waals surface area contributed by atoms with Crippen molar-refractivity contribution in [1.82, 2.24) is 9.97 Å². The van der Waals surface area contributed by atoms with Gasteiger partial charge in [-0.3, -0.25) is 0 Å². The van der Waals surface area contributed by atoms with Crippen LogP contribution in [0.25, 0.3) is 10.7 Å². The average molecular weight is 387 g/mol. The van der Waals surface area contributed by atoms with Crippen LogP contribution in [0.15, 0.2) is 11.4 Å². The van der Waals surface area contributed by atoms with Crippen LogP contribution in [0, 0.1) is 10.5 Å². The van der Waals surface area contributed by atoms with Gasteiger partial charge in [-0.2, -0.15) is 0 Å². The Labute approximate surface area is 132 Å². The standard InChI is InChI=1S/C14H18IN3S/c1-4-7-16-13-11(15)10(5-2)17-14(18-13)12-9(3)6-8-19-12/h6,8H,4-5,7H2,1-3H3,(H,16,17,18). The maximum atomic E-state index is 4.71. The molecule has 0 atom stereocenters. The summed E-state index contributed by atoms with van der Waals surface area (Å²) in [5.74, 6) is 1.82. The molecule has 0 bridgehead atoms. The van der Waals surface area contributed by atoms with Crippen molar-refractivity contribution in [2.45, 2.75) is 33.6 Å². The second-order valence-electron chi connectivity index (χ2n) is 4.37. The van der Waals surface area contributed by atoms with E-state index in [4.69, 9.17) is 9.97 Å². The molecule has 2 heterocycles. The summed E-state index contributed by atoms with van der Waals surface area (Å²) in [5.41, 5.74) is 2.37. The lowest BCUT2D eigenvalue weighted by molar-refractivity contribution is 0.943. The molecule has 0 aliphatic rings. The molecule has 0 saturated carbocycles. The predicted molar refractivity (Wildman–Crippen MR) is 91.0 cm³/mol. The lowest BCUT2D eigenvalue weighted by Gasteiger charge is -2.11. The zero-order valence-electron chi connectivity index (χ0n) is 11.5. The van der Waals surface area contributed by atoms with Gasteiger partial charge in [0.25, 0.3) is 0 Å². The number of halogens is 1. The lowest BCUT2D eigenvalue weighted by Crippen LogP contribution is -2.08. The minimum Gasteiger partial charge on any atom is -0.369 e. The zero-order valence-corrected chi connectivity index (χ0v) is 14.4. The van der Waals surface area contributed by atoms with E-state index in [9.17, 15) is 0 Å². The van der Waals surface area contributed by atoms with Crippen LogP contribution in [-0.4, -0.2) is 16.5 Å². The number of nitrogens with one attached hydrogen (secondary N) is 1. The molecule has 0 saturated heterocycles. The van der Waals surface area contributed by atoms with Gasteiger partial charge in [-0.1, -0.05) is 13.8 Å². The Balaban J connectivity index is 2.47. The van der Waals surface area contributed by atoms with Gasteiger partial charge in [-0.25, -0.2) is 9.97 Å². The quantitative estimate of drug-likeness (QED) is 0.768. The Bertz CT molecular complexity index is 566. The van der Waals surface area contributed by atoms with Crippen molar-refractivity contribution in [3.05, 3.63) is 26.3 Å². The maximum Gasteiger partial charge on any atom is 0.172 e. The van der Waals surface area contributed by atoms with Crippen LogP contribution >= 0.6 is 33.9 Å². The van der Waals surface area contributed by atoms with Crippen molar-refractivity contribution in [3.63, 3.8) is 0 Å². The Morgan fingerprint density at radius 3 is 2.68 bits per heavy atom. The normalized spacial score (nSPS) is 10.7. The van der Waals surface area contributed by atoms with Crippen LogP contribution in [0.1, 0.15) is 31.5 Å². The number of thiophene rings is 1. The van der Waals surface area contributed by atoms with Crippen LogP contribution < -0.4 is 5.32 Å². The number of aryl methyl sites for hydroxylation is 2. The molecule has 19 heavy (non-hydrogen) atoms. The van der Waals surface area contributed by atoms with Gasteiger partial charge >= 0.3 is 0 Å². The lowest BCUT2D eigenvalue weighted by atomic mass is 10.2. The highest BCUT2D eigenvalue weighted by atomic mass is 127. The summed E-state index contributed by atoms with van der Waals surface area (Å²) in [6.07, 6.45) is 2.02. The zero-order chi connectivity index (χ0) is 13.8. The first-order chi connectivity index (χ1) is 9.17. The number of nitrogens with zero attached hydrogens (tertiary/aromatic N) is 2. The summed E-state index contributed by atoms with van der Waals surface area (Å²) in [6.45, 7) is 7.35. The van der Waals surface area contributed by atoms with Crippen molar-refractivity contribution >= 4 is 39.7 Å². The number of anilines is 1. The molecule has 2 aromatic heterocycles. The molecule has 1 N–H and O–H groups in total. The molecule has 0 radical (unpaired) electrons. The van der Waals surface area contributed by atoms with Crippen LogP contribution in [-0.2, 0) is 6.42 Å². The van der Waals surface area contributed by atoms with Gasteiger partial charge in [0, 0.05) is 6.54 Å². The molecule has 0 unspecified atom stereocenters. The number of rotatable bonds is 5. The smallest absolute Gasteiger partial charge is 0.172 e. The molecular formula is C14H18IN3S. The molecule has 102 valence electrons. The van der Waals surface area contributed by atoms with E-state index in [2.05, 4.69) is 60.1 Å². The van der Waals surface area contributed by atoms with Crippen LogP contribution in [0.2, 0.25) is 0 Å². The third-order valence-corrected chi connectivity index (χ3v) is 5.01. The maximum absolute atomic E-state index is 4.71. The SMILES string of the molecule is CCCNc1nc(-c2sccc2C)nc(CC)c1I. The summed E-state index contributed by atoms with van der Waals surface area (Å²) in [4.78, 5) is 10.6. The van der Waals surface area contributed by atoms with E-state index < -0.39 is 0 Å². The summed E-state index contributed by atoms with van der Waals surface area (Å²) in [6, 6.07) is 2.12. The molecule has 2 rings (SSSR count). The van der Waals surface area contributed by atoms with E-state index in [1.54, 1.807) is 11.3 Å². The van der Waals surface area contributed by atoms with Gasteiger partial charge in [-0.15, -0.1) is 11.3 Å². The second kappa shape index (κ2) is 6.65. The van der Waals surface area contributed by atoms with Gasteiger partial charge in [-0.05, 0) is 59.4 Å². The van der Waals surface area contributed by atoms with E-state index in [-0.39, 0.29) is 0 Å². The van der Waals surface area contributed by atoms with Gasteiger partial charge < -0.3 is 5.32 Å². The number of hydrogen-bond donors (Lipinski definition) is 1. The van der Waals surface area contributed by atoms with Gasteiger partial charge in [0.1, 0.15) is 5.82 Å². The first kappa shape index (κ1) is 14.7. The van der Waals surface area contributed by atoms with Crippen molar-refractivity contribution in [2.24, 2.45) is 0 Å². The molecule has 0 aliphatic heterocycles. The monoisotopic (exact) mass is 387 g/mol. The summed E-state index contributed by atoms with van der Waals surface area (Å²) >= 11 is 4.04. The summed E-state index contributed by atoms with van der Waals surface area (Å²) < 4.78 is 1.14. The fraction of sp³-hybridized carbons (Fsp3) is 0.429. The molecule has 0 fully saturated rings. The molecular weight excluding hydrogens is 369 g/mol. The Morgan fingerprint density at radius 1 is 1.32 bits per heavy atom. The molecule has 0 aliphatic carbocycles. The van der Waals surface area contributed by atoms with E-state index in [0.717, 1.165) is 40.3 Å². The molecule has 2 aromatic rings. The minimum atomic E-state index is 0.850. The van der Waals surface area contributed by atoms with Crippen LogP contribution in [0.4, 0.5) is 5.82 Å². The Kier molecular flexibility index (Phi) is 5.15. The highest BCUT2D eigenvalue weighted by Gasteiger charge is 2.14. The summed E-state index contributed by atoms with van der Waals surface area (Å²) in [7, 11) is 0. The van der Waals surface area contributed by atoms with Crippen molar-refractivity contribution in [3.8, 4) is 10.7 Å². The average Bonchev–Trinajstić information content (AvgIpc) is 2.84. The van der Waals surface area contributed by atoms with Crippen molar-refractivity contribution in [2.75, 3.05) is 11.9 Å². The van der Waals surface area contributed by atoms with Crippen molar-refractivity contribution < 1.29 is 0 Å². The Hall–Kier alpha value is -0.690. The third-order valence-electron chi connectivity index (χ3n) is 2.86. The van der Waals surface area contributed by atoms with E-state index in [1.165, 1.54) is 10.4 Å².